The van der Waals surface area contributed by atoms with E-state index in [0.717, 1.165) is 30.2 Å². The number of nitrogens with zero attached hydrogens (tertiary/aromatic N) is 4. The quantitative estimate of drug-likeness (QED) is 0.372. The van der Waals surface area contributed by atoms with Gasteiger partial charge in [-0.2, -0.15) is 0 Å². The molecule has 5 rings (SSSR count). The monoisotopic (exact) mass is 535 g/mol. The van der Waals surface area contributed by atoms with Crippen LogP contribution in [0.15, 0.2) is 42.7 Å². The molecule has 2 saturated heterocycles. The van der Waals surface area contributed by atoms with E-state index in [1.807, 2.05) is 12.1 Å². The third-order valence-electron chi connectivity index (χ3n) is 7.60. The zero-order valence-corrected chi connectivity index (χ0v) is 22.7. The molecule has 3 aromatic rings. The van der Waals surface area contributed by atoms with Crippen LogP contribution in [0.3, 0.4) is 0 Å². The summed E-state index contributed by atoms with van der Waals surface area (Å²) in [5.74, 6) is 1.59. The molecule has 0 unspecified atom stereocenters. The number of nitrogens with one attached hydrogen (secondary N) is 1. The summed E-state index contributed by atoms with van der Waals surface area (Å²) in [5, 5.41) is 3.20. The minimum Gasteiger partial charge on any atom is -0.495 e. The number of aromatic nitrogens is 2. The molecule has 2 aromatic carbocycles. The molecule has 2 atom stereocenters. The maximum atomic E-state index is 14.7. The molecule has 0 amide bonds. The minimum absolute atomic E-state index is 0.00469. The lowest BCUT2D eigenvalue weighted by Gasteiger charge is -2.24. The maximum Gasteiger partial charge on any atom is 0.227 e. The highest BCUT2D eigenvalue weighted by Gasteiger charge is 2.40. The number of carbonyl (C=O) groups excluding carboxylic acids is 1. The van der Waals surface area contributed by atoms with Crippen LogP contribution >= 0.6 is 0 Å². The van der Waals surface area contributed by atoms with Crippen LogP contribution in [-0.4, -0.2) is 67.6 Å². The van der Waals surface area contributed by atoms with Gasteiger partial charge in [0.15, 0.2) is 23.1 Å². The summed E-state index contributed by atoms with van der Waals surface area (Å²) >= 11 is 0. The molecule has 0 radical (unpaired) electrons. The van der Waals surface area contributed by atoms with Crippen LogP contribution in [0.5, 0.6) is 17.2 Å². The zero-order valence-electron chi connectivity index (χ0n) is 22.7. The van der Waals surface area contributed by atoms with Gasteiger partial charge in [0.1, 0.15) is 12.4 Å². The number of ether oxygens (including phenoxy) is 3. The first-order chi connectivity index (χ1) is 18.9. The molecule has 9 nitrogen and oxygen atoms in total. The smallest absolute Gasteiger partial charge is 0.227 e. The van der Waals surface area contributed by atoms with Gasteiger partial charge in [-0.25, -0.2) is 14.4 Å². The standard InChI is InChI=1S/C29H34FN5O4/c1-5-25(36)19-10-20(28(30)27(11-19)38-4)17-39-22-13-31-29(32-14-22)33-21-6-7-23(26(12-21)37-3)35-15-18-8-9-34(2)24(18)16-35/h6-7,10-14,18,24H,5,8-9,15-17H2,1-4H3,(H,31,32,33)/t18-,24+/m0/s1. The van der Waals surface area contributed by atoms with E-state index in [0.29, 0.717) is 35.6 Å². The molecule has 206 valence electrons. The van der Waals surface area contributed by atoms with Gasteiger partial charge in [0.2, 0.25) is 5.95 Å². The molecule has 0 bridgehead atoms. The fourth-order valence-electron chi connectivity index (χ4n) is 5.41. The van der Waals surface area contributed by atoms with Gasteiger partial charge >= 0.3 is 0 Å². The first-order valence-electron chi connectivity index (χ1n) is 13.1. The number of carbonyl (C=O) groups is 1. The van der Waals surface area contributed by atoms with E-state index in [2.05, 4.69) is 38.2 Å². The number of Topliss-reactive ketones (excluding diaryl/α,β-unsaturated/α-hetero) is 1. The molecule has 0 spiro atoms. The highest BCUT2D eigenvalue weighted by atomic mass is 19.1. The molecule has 1 aromatic heterocycles. The van der Waals surface area contributed by atoms with Gasteiger partial charge in [0.05, 0.1) is 32.3 Å². The first-order valence-corrected chi connectivity index (χ1v) is 13.1. The Morgan fingerprint density at radius 3 is 2.56 bits per heavy atom. The van der Waals surface area contributed by atoms with Crippen molar-refractivity contribution in [3.05, 3.63) is 59.7 Å². The van der Waals surface area contributed by atoms with Crippen molar-refractivity contribution in [3.63, 3.8) is 0 Å². The average Bonchev–Trinajstić information content (AvgIpc) is 3.54. The first kappa shape index (κ1) is 26.7. The van der Waals surface area contributed by atoms with Gasteiger partial charge in [0, 0.05) is 48.4 Å². The Bertz CT molecular complexity index is 1340. The van der Waals surface area contributed by atoms with Crippen molar-refractivity contribution in [2.24, 2.45) is 5.92 Å². The van der Waals surface area contributed by atoms with Crippen LogP contribution in [0.2, 0.25) is 0 Å². The van der Waals surface area contributed by atoms with E-state index in [9.17, 15) is 9.18 Å². The van der Waals surface area contributed by atoms with Crippen molar-refractivity contribution in [1.29, 1.82) is 0 Å². The SMILES string of the molecule is CCC(=O)c1cc(COc2cnc(Nc3ccc(N4C[C@@H]5CCN(C)[C@@H]5C4)c(OC)c3)nc2)c(F)c(OC)c1. The van der Waals surface area contributed by atoms with E-state index in [-0.39, 0.29) is 23.7 Å². The molecule has 1 N–H and O–H groups in total. The second-order valence-electron chi connectivity index (χ2n) is 9.97. The number of halogens is 1. The Kier molecular flexibility index (Phi) is 7.83. The van der Waals surface area contributed by atoms with Crippen molar-refractivity contribution < 1.29 is 23.4 Å². The van der Waals surface area contributed by atoms with Gasteiger partial charge in [-0.3, -0.25) is 4.79 Å². The van der Waals surface area contributed by atoms with Crippen LogP contribution in [0.4, 0.5) is 21.7 Å². The van der Waals surface area contributed by atoms with Crippen molar-refractivity contribution in [2.75, 3.05) is 51.1 Å². The summed E-state index contributed by atoms with van der Waals surface area (Å²) in [6.45, 7) is 4.87. The number of rotatable bonds is 10. The Hall–Kier alpha value is -3.92. The van der Waals surface area contributed by atoms with E-state index >= 15 is 0 Å². The lowest BCUT2D eigenvalue weighted by atomic mass is 10.0. The fraction of sp³-hybridized carbons (Fsp3) is 0.414. The van der Waals surface area contributed by atoms with Crippen LogP contribution in [0.25, 0.3) is 0 Å². The topological polar surface area (TPSA) is 89.1 Å². The molecular weight excluding hydrogens is 501 g/mol. The Morgan fingerprint density at radius 2 is 1.87 bits per heavy atom. The Morgan fingerprint density at radius 1 is 1.10 bits per heavy atom. The molecule has 0 saturated carbocycles. The lowest BCUT2D eigenvalue weighted by Crippen LogP contribution is -2.32. The van der Waals surface area contributed by atoms with Crippen molar-refractivity contribution >= 4 is 23.1 Å². The molecule has 39 heavy (non-hydrogen) atoms. The van der Waals surface area contributed by atoms with Crippen molar-refractivity contribution in [2.45, 2.75) is 32.4 Å². The molecule has 3 heterocycles. The number of benzene rings is 2. The third-order valence-corrected chi connectivity index (χ3v) is 7.60. The predicted octanol–water partition coefficient (Wildman–Crippen LogP) is 4.69. The number of fused-ring (bicyclic) bond motifs is 1. The predicted molar refractivity (Wildman–Crippen MR) is 147 cm³/mol. The molecule has 2 aliphatic heterocycles. The van der Waals surface area contributed by atoms with Crippen LogP contribution in [-0.2, 0) is 6.61 Å². The number of likely N-dealkylation sites (N-methyl/N-ethyl adjacent to an activating group) is 1. The summed E-state index contributed by atoms with van der Waals surface area (Å²) in [4.78, 5) is 25.6. The summed E-state index contributed by atoms with van der Waals surface area (Å²) in [6, 6.07) is 9.50. The molecule has 0 aliphatic carbocycles. The van der Waals surface area contributed by atoms with Crippen molar-refractivity contribution in [3.8, 4) is 17.2 Å². The van der Waals surface area contributed by atoms with E-state index in [4.69, 9.17) is 14.2 Å². The number of anilines is 3. The van der Waals surface area contributed by atoms with Gasteiger partial charge in [0.25, 0.3) is 0 Å². The number of likely N-dealkylation sites (tertiary alicyclic amines) is 1. The Labute approximate surface area is 227 Å². The van der Waals surface area contributed by atoms with Gasteiger partial charge < -0.3 is 29.3 Å². The second-order valence-corrected chi connectivity index (χ2v) is 9.97. The molecule has 10 heteroatoms. The Balaban J connectivity index is 1.23. The number of hydrogen-bond donors (Lipinski definition) is 1. The van der Waals surface area contributed by atoms with Gasteiger partial charge in [-0.1, -0.05) is 6.92 Å². The van der Waals surface area contributed by atoms with E-state index in [1.165, 1.54) is 44.6 Å². The van der Waals surface area contributed by atoms with E-state index in [1.54, 1.807) is 14.0 Å². The second kappa shape index (κ2) is 11.4. The van der Waals surface area contributed by atoms with Crippen LogP contribution in [0, 0.1) is 11.7 Å². The number of ketones is 1. The van der Waals surface area contributed by atoms with Gasteiger partial charge in [-0.05, 0) is 50.2 Å². The van der Waals surface area contributed by atoms with Crippen LogP contribution in [0.1, 0.15) is 35.7 Å². The highest BCUT2D eigenvalue weighted by Crippen LogP contribution is 2.38. The highest BCUT2D eigenvalue weighted by molar-refractivity contribution is 5.96. The normalized spacial score (nSPS) is 18.6. The van der Waals surface area contributed by atoms with E-state index < -0.39 is 5.82 Å². The third kappa shape index (κ3) is 5.61. The number of hydrogen-bond acceptors (Lipinski definition) is 9. The average molecular weight is 536 g/mol. The van der Waals surface area contributed by atoms with Gasteiger partial charge in [-0.15, -0.1) is 0 Å². The molecule has 2 fully saturated rings. The summed E-state index contributed by atoms with van der Waals surface area (Å²) in [5.41, 5.74) is 2.48. The largest absolute Gasteiger partial charge is 0.495 e. The number of methoxy groups -OCH3 is 2. The lowest BCUT2D eigenvalue weighted by molar-refractivity contribution is 0.0987. The molecule has 2 aliphatic rings. The summed E-state index contributed by atoms with van der Waals surface area (Å²) < 4.78 is 31.2. The maximum absolute atomic E-state index is 14.7. The van der Waals surface area contributed by atoms with Crippen LogP contribution < -0.4 is 24.4 Å². The zero-order chi connectivity index (χ0) is 27.5. The summed E-state index contributed by atoms with van der Waals surface area (Å²) in [7, 11) is 5.25. The fourth-order valence-corrected chi connectivity index (χ4v) is 5.41. The minimum atomic E-state index is -0.564. The molecular formula is C29H34FN5O4. The summed E-state index contributed by atoms with van der Waals surface area (Å²) in [6.07, 6.45) is 4.57. The van der Waals surface area contributed by atoms with Crippen molar-refractivity contribution in [1.82, 2.24) is 14.9 Å².